The number of amides is 2. The fraction of sp³-hybridized carbons (Fsp3) is 0.304. The van der Waals surface area contributed by atoms with Gasteiger partial charge in [-0.15, -0.1) is 0 Å². The van der Waals surface area contributed by atoms with E-state index >= 15 is 0 Å². The van der Waals surface area contributed by atoms with Crippen LogP contribution < -0.4 is 10.1 Å². The molecule has 168 valence electrons. The Labute approximate surface area is 191 Å². The molecule has 0 saturated carbocycles. The molecule has 0 fully saturated rings. The maximum absolute atomic E-state index is 12.4. The fourth-order valence-electron chi connectivity index (χ4n) is 2.93. The van der Waals surface area contributed by atoms with Crippen molar-refractivity contribution in [2.24, 2.45) is 0 Å². The molecular weight excluding hydrogens is 434 g/mol. The second kappa shape index (κ2) is 12.3. The van der Waals surface area contributed by atoms with Gasteiger partial charge in [-0.1, -0.05) is 42.8 Å². The first kappa shape index (κ1) is 24.7. The molecule has 0 radical (unpaired) electrons. The number of ether oxygens (including phenoxy) is 1. The van der Waals surface area contributed by atoms with Crippen LogP contribution >= 0.6 is 11.6 Å². The number of carboxylic acids is 1. The monoisotopic (exact) mass is 457 g/mol. The van der Waals surface area contributed by atoms with E-state index in [1.54, 1.807) is 42.5 Å². The van der Waals surface area contributed by atoms with Crippen molar-refractivity contribution in [1.82, 2.24) is 10.2 Å². The highest BCUT2D eigenvalue weighted by atomic mass is 35.5. The largest absolute Gasteiger partial charge is 0.480 e. The van der Waals surface area contributed by atoms with Crippen molar-refractivity contribution in [3.8, 4) is 11.8 Å². The van der Waals surface area contributed by atoms with Crippen molar-refractivity contribution < 1.29 is 24.2 Å². The molecule has 2 aromatic rings. The predicted octanol–water partition coefficient (Wildman–Crippen LogP) is 3.89. The summed E-state index contributed by atoms with van der Waals surface area (Å²) in [5.74, 6) is -1.47. The lowest BCUT2D eigenvalue weighted by molar-refractivity contribution is -0.139. The van der Waals surface area contributed by atoms with Gasteiger partial charge in [0.2, 0.25) is 0 Å². The lowest BCUT2D eigenvalue weighted by Crippen LogP contribution is -2.42. The van der Waals surface area contributed by atoms with E-state index in [1.165, 1.54) is 11.0 Å². The molecule has 9 heteroatoms. The number of benzene rings is 2. The van der Waals surface area contributed by atoms with Gasteiger partial charge >= 0.3 is 12.1 Å². The summed E-state index contributed by atoms with van der Waals surface area (Å²) in [5, 5.41) is 20.9. The van der Waals surface area contributed by atoms with Crippen LogP contribution in [0.15, 0.2) is 48.5 Å². The molecule has 0 aromatic heterocycles. The van der Waals surface area contributed by atoms with Crippen LogP contribution in [0.2, 0.25) is 5.02 Å². The summed E-state index contributed by atoms with van der Waals surface area (Å²) in [5.41, 5.74) is 0.822. The van der Waals surface area contributed by atoms with Gasteiger partial charge in [0.1, 0.15) is 11.8 Å². The first-order valence-corrected chi connectivity index (χ1v) is 10.4. The van der Waals surface area contributed by atoms with Gasteiger partial charge < -0.3 is 20.1 Å². The van der Waals surface area contributed by atoms with Gasteiger partial charge in [0.05, 0.1) is 23.1 Å². The van der Waals surface area contributed by atoms with Gasteiger partial charge in [0, 0.05) is 19.5 Å². The Balaban J connectivity index is 2.02. The highest BCUT2D eigenvalue weighted by Gasteiger charge is 2.22. The molecule has 1 atom stereocenters. The van der Waals surface area contributed by atoms with Crippen molar-refractivity contribution >= 4 is 29.6 Å². The minimum atomic E-state index is -1.19. The number of aliphatic carboxylic acids is 1. The number of nitriles is 1. The van der Waals surface area contributed by atoms with Crippen molar-refractivity contribution in [2.45, 2.75) is 32.2 Å². The summed E-state index contributed by atoms with van der Waals surface area (Å²) in [7, 11) is 0. The molecule has 2 N–H and O–H groups in total. The molecule has 0 saturated heterocycles. The zero-order chi connectivity index (χ0) is 23.5. The molecule has 2 amide bonds. The summed E-state index contributed by atoms with van der Waals surface area (Å²) in [6.07, 6.45) is 0.426. The van der Waals surface area contributed by atoms with Crippen molar-refractivity contribution in [1.29, 1.82) is 5.26 Å². The molecule has 2 rings (SSSR count). The van der Waals surface area contributed by atoms with Crippen molar-refractivity contribution in [3.63, 3.8) is 0 Å². The molecule has 0 aliphatic carbocycles. The number of hydrogen-bond donors (Lipinski definition) is 2. The second-order valence-corrected chi connectivity index (χ2v) is 7.36. The summed E-state index contributed by atoms with van der Waals surface area (Å²) < 4.78 is 5.35. The molecule has 0 unspecified atom stereocenters. The number of nitrogens with one attached hydrogen (secondary N) is 1. The van der Waals surface area contributed by atoms with Gasteiger partial charge in [-0.05, 0) is 36.2 Å². The quantitative estimate of drug-likeness (QED) is 0.558. The highest BCUT2D eigenvalue weighted by molar-refractivity contribution is 6.33. The Bertz CT molecular complexity index is 988. The molecule has 2 aromatic carbocycles. The van der Waals surface area contributed by atoms with Crippen LogP contribution in [0.1, 0.15) is 35.7 Å². The lowest BCUT2D eigenvalue weighted by atomic mass is 10.1. The fourth-order valence-corrected chi connectivity index (χ4v) is 3.15. The highest BCUT2D eigenvalue weighted by Crippen LogP contribution is 2.17. The smallest absolute Gasteiger partial charge is 0.415 e. The number of rotatable bonds is 10. The summed E-state index contributed by atoms with van der Waals surface area (Å²) in [4.78, 5) is 37.8. The van der Waals surface area contributed by atoms with Crippen LogP contribution in [0.5, 0.6) is 5.75 Å². The van der Waals surface area contributed by atoms with Crippen LogP contribution in [0.4, 0.5) is 4.79 Å². The maximum atomic E-state index is 12.4. The minimum Gasteiger partial charge on any atom is -0.480 e. The third kappa shape index (κ3) is 7.29. The second-order valence-electron chi connectivity index (χ2n) is 6.96. The van der Waals surface area contributed by atoms with Crippen molar-refractivity contribution in [2.75, 3.05) is 13.1 Å². The van der Waals surface area contributed by atoms with Gasteiger partial charge in [0.25, 0.3) is 5.91 Å². The van der Waals surface area contributed by atoms with E-state index in [4.69, 9.17) is 21.6 Å². The number of carbonyl (C=O) groups excluding carboxylic acids is 2. The number of nitrogens with zero attached hydrogens (tertiary/aromatic N) is 2. The molecule has 0 heterocycles. The average Bonchev–Trinajstić information content (AvgIpc) is 2.77. The van der Waals surface area contributed by atoms with E-state index in [1.807, 2.05) is 13.0 Å². The summed E-state index contributed by atoms with van der Waals surface area (Å²) in [6.45, 7) is 2.68. The van der Waals surface area contributed by atoms with E-state index in [-0.39, 0.29) is 30.0 Å². The number of hydrogen-bond acceptors (Lipinski definition) is 5. The first-order valence-electron chi connectivity index (χ1n) is 10.1. The van der Waals surface area contributed by atoms with Crippen LogP contribution in [0, 0.1) is 11.3 Å². The summed E-state index contributed by atoms with van der Waals surface area (Å²) >= 11 is 6.00. The van der Waals surface area contributed by atoms with Crippen LogP contribution in [-0.2, 0) is 11.2 Å². The third-order valence-electron chi connectivity index (χ3n) is 4.54. The zero-order valence-corrected chi connectivity index (χ0v) is 18.3. The normalized spacial score (nSPS) is 11.2. The average molecular weight is 458 g/mol. The molecule has 0 aliphatic heterocycles. The molecule has 0 spiro atoms. The predicted molar refractivity (Wildman–Crippen MR) is 119 cm³/mol. The number of halogens is 1. The van der Waals surface area contributed by atoms with Gasteiger partial charge in [-0.2, -0.15) is 5.26 Å². The Morgan fingerprint density at radius 1 is 1.16 bits per heavy atom. The third-order valence-corrected chi connectivity index (χ3v) is 4.87. The van der Waals surface area contributed by atoms with E-state index in [0.29, 0.717) is 17.9 Å². The van der Waals surface area contributed by atoms with E-state index in [0.717, 1.165) is 6.42 Å². The molecule has 32 heavy (non-hydrogen) atoms. The standard InChI is InChI=1S/C23H24ClN3O5/c1-2-13-27(14-5-12-25)23(31)32-17-10-8-16(9-11-17)15-20(22(29)30)26-21(28)18-6-3-4-7-19(18)24/h3-4,6-11,20H,2,5,13-15H2,1H3,(H,26,28)(H,29,30)/t20-/m0/s1. The molecular formula is C23H24ClN3O5. The Morgan fingerprint density at radius 2 is 1.84 bits per heavy atom. The SMILES string of the molecule is CCCN(CCC#N)C(=O)Oc1ccc(C[C@H](NC(=O)c2ccccc2Cl)C(=O)O)cc1. The number of carboxylic acid groups (broad SMARTS) is 1. The van der Waals surface area contributed by atoms with Crippen LogP contribution in [0.3, 0.4) is 0 Å². The van der Waals surface area contributed by atoms with Gasteiger partial charge in [0.15, 0.2) is 0 Å². The van der Waals surface area contributed by atoms with Crippen molar-refractivity contribution in [3.05, 3.63) is 64.7 Å². The topological polar surface area (TPSA) is 120 Å². The Morgan fingerprint density at radius 3 is 2.44 bits per heavy atom. The molecule has 0 aliphatic rings. The lowest BCUT2D eigenvalue weighted by Gasteiger charge is -2.20. The van der Waals surface area contributed by atoms with Crippen LogP contribution in [-0.4, -0.2) is 47.1 Å². The maximum Gasteiger partial charge on any atom is 0.415 e. The van der Waals surface area contributed by atoms with Crippen LogP contribution in [0.25, 0.3) is 0 Å². The van der Waals surface area contributed by atoms with E-state index in [9.17, 15) is 19.5 Å². The van der Waals surface area contributed by atoms with E-state index < -0.39 is 24.0 Å². The Kier molecular flexibility index (Phi) is 9.51. The zero-order valence-electron chi connectivity index (χ0n) is 17.6. The van der Waals surface area contributed by atoms with Gasteiger partial charge in [-0.3, -0.25) is 4.79 Å². The van der Waals surface area contributed by atoms with E-state index in [2.05, 4.69) is 5.32 Å². The Hall–Kier alpha value is -3.57. The number of carbonyl (C=O) groups is 3. The summed E-state index contributed by atoms with van der Waals surface area (Å²) in [6, 6.07) is 13.6. The van der Waals surface area contributed by atoms with Gasteiger partial charge in [-0.25, -0.2) is 9.59 Å². The minimum absolute atomic E-state index is 0.0316. The molecule has 8 nitrogen and oxygen atoms in total. The first-order chi connectivity index (χ1) is 15.3. The molecule has 0 bridgehead atoms.